The van der Waals surface area contributed by atoms with Gasteiger partial charge < -0.3 is 10.0 Å². The lowest BCUT2D eigenvalue weighted by Gasteiger charge is -2.21. The maximum Gasteiger partial charge on any atom is 0.343 e. The third-order valence-corrected chi connectivity index (χ3v) is 4.18. The van der Waals surface area contributed by atoms with Crippen molar-refractivity contribution in [2.75, 3.05) is 13.1 Å². The van der Waals surface area contributed by atoms with Gasteiger partial charge in [-0.3, -0.25) is 4.79 Å². The molecule has 1 heterocycles. The van der Waals surface area contributed by atoms with E-state index in [1.54, 1.807) is 6.92 Å². The summed E-state index contributed by atoms with van der Waals surface area (Å²) < 4.78 is 14.9. The van der Waals surface area contributed by atoms with E-state index < -0.39 is 17.6 Å². The Morgan fingerprint density at radius 1 is 1.40 bits per heavy atom. The molecule has 1 aromatic carbocycles. The molecule has 1 aliphatic heterocycles. The molecule has 0 radical (unpaired) electrons. The van der Waals surface area contributed by atoms with Gasteiger partial charge in [0.1, 0.15) is 0 Å². The average Bonchev–Trinajstić information content (AvgIpc) is 2.82. The van der Waals surface area contributed by atoms with Crippen molar-refractivity contribution in [2.24, 2.45) is 0 Å². The van der Waals surface area contributed by atoms with Crippen LogP contribution in [0.5, 0.6) is 0 Å². The van der Waals surface area contributed by atoms with Crippen molar-refractivity contribution in [3.8, 4) is 0 Å². The second kappa shape index (κ2) is 5.52. The molecule has 1 fully saturated rings. The average molecular weight is 344 g/mol. The molecule has 0 aliphatic carbocycles. The van der Waals surface area contributed by atoms with E-state index in [1.165, 1.54) is 4.90 Å². The molecule has 4 nitrogen and oxygen atoms in total. The van der Waals surface area contributed by atoms with Crippen molar-refractivity contribution in [3.05, 3.63) is 34.3 Å². The molecule has 1 aliphatic rings. The van der Waals surface area contributed by atoms with Gasteiger partial charge in [-0.25, -0.2) is 9.18 Å². The van der Waals surface area contributed by atoms with E-state index in [0.717, 1.165) is 10.0 Å². The van der Waals surface area contributed by atoms with Crippen molar-refractivity contribution in [1.29, 1.82) is 0 Å². The Hall–Kier alpha value is -1.43. The lowest BCUT2D eigenvalue weighted by atomic mass is 10.00. The summed E-state index contributed by atoms with van der Waals surface area (Å²) in [5, 5.41) is 8.84. The number of hydrogen-bond donors (Lipinski definition) is 1. The van der Waals surface area contributed by atoms with E-state index in [9.17, 15) is 14.0 Å². The molecular formula is C14H15BrFNO3. The molecule has 2 unspecified atom stereocenters. The van der Waals surface area contributed by atoms with Crippen LogP contribution in [-0.4, -0.2) is 40.6 Å². The molecule has 1 aromatic rings. The van der Waals surface area contributed by atoms with Gasteiger partial charge in [0, 0.05) is 17.4 Å². The van der Waals surface area contributed by atoms with Crippen molar-refractivity contribution in [3.63, 3.8) is 0 Å². The smallest absolute Gasteiger partial charge is 0.343 e. The van der Waals surface area contributed by atoms with Gasteiger partial charge in [0.05, 0.1) is 12.5 Å². The lowest BCUT2D eigenvalue weighted by molar-refractivity contribution is -0.150. The second-order valence-corrected chi connectivity index (χ2v) is 5.97. The van der Waals surface area contributed by atoms with Crippen LogP contribution in [0.15, 0.2) is 28.7 Å². The molecule has 108 valence electrons. The summed E-state index contributed by atoms with van der Waals surface area (Å²) in [6.45, 7) is 1.51. The summed E-state index contributed by atoms with van der Waals surface area (Å²) in [6.07, 6.45) is -0.152. The first-order valence-corrected chi connectivity index (χ1v) is 7.09. The lowest BCUT2D eigenvalue weighted by Crippen LogP contribution is -2.40. The Labute approximate surface area is 124 Å². The molecule has 0 aromatic heterocycles. The number of benzene rings is 1. The van der Waals surface area contributed by atoms with Crippen LogP contribution in [-0.2, 0) is 9.59 Å². The van der Waals surface area contributed by atoms with Gasteiger partial charge in [-0.05, 0) is 24.6 Å². The van der Waals surface area contributed by atoms with E-state index in [0.29, 0.717) is 0 Å². The Morgan fingerprint density at radius 3 is 2.50 bits per heavy atom. The molecule has 2 atom stereocenters. The molecule has 0 bridgehead atoms. The fraction of sp³-hybridized carbons (Fsp3) is 0.429. The highest BCUT2D eigenvalue weighted by atomic mass is 79.9. The summed E-state index contributed by atoms with van der Waals surface area (Å²) >= 11 is 3.32. The predicted molar refractivity (Wildman–Crippen MR) is 75.2 cm³/mol. The highest BCUT2D eigenvalue weighted by Gasteiger charge is 2.47. The summed E-state index contributed by atoms with van der Waals surface area (Å²) in [5.74, 6) is -2.16. The molecule has 1 N–H and O–H groups in total. The first-order chi connectivity index (χ1) is 9.33. The fourth-order valence-electron chi connectivity index (χ4n) is 2.30. The van der Waals surface area contributed by atoms with Crippen LogP contribution in [0.25, 0.3) is 0 Å². The van der Waals surface area contributed by atoms with Crippen LogP contribution in [0.1, 0.15) is 24.8 Å². The van der Waals surface area contributed by atoms with Crippen LogP contribution < -0.4 is 0 Å². The summed E-state index contributed by atoms with van der Waals surface area (Å²) in [5.41, 5.74) is -1.49. The first-order valence-electron chi connectivity index (χ1n) is 6.30. The number of likely N-dealkylation sites (tertiary alicyclic amines) is 1. The molecule has 20 heavy (non-hydrogen) atoms. The highest BCUT2D eigenvalue weighted by molar-refractivity contribution is 9.10. The van der Waals surface area contributed by atoms with Gasteiger partial charge in [0.15, 0.2) is 0 Å². The van der Waals surface area contributed by atoms with Crippen molar-refractivity contribution < 1.29 is 19.1 Å². The van der Waals surface area contributed by atoms with Gasteiger partial charge in [-0.1, -0.05) is 28.1 Å². The number of carbonyl (C=O) groups excluding carboxylic acids is 1. The minimum atomic E-state index is -2.31. The number of rotatable bonds is 3. The molecule has 0 saturated carbocycles. The Balaban J connectivity index is 2.09. The number of amides is 1. The summed E-state index contributed by atoms with van der Waals surface area (Å²) in [4.78, 5) is 24.4. The normalized spacial score (nSPS) is 23.6. The second-order valence-electron chi connectivity index (χ2n) is 5.05. The number of carboxylic acids is 1. The standard InChI is InChI=1S/C14H15BrFNO3/c1-9(10-2-4-11(15)5-3-10)12(18)17-7-6-14(16,8-17)13(19)20/h2-5,9H,6-8H2,1H3,(H,19,20). The zero-order valence-corrected chi connectivity index (χ0v) is 12.6. The quantitative estimate of drug-likeness (QED) is 0.917. The number of nitrogens with zero attached hydrogens (tertiary/aromatic N) is 1. The topological polar surface area (TPSA) is 57.6 Å². The SMILES string of the molecule is CC(C(=O)N1CCC(F)(C(=O)O)C1)c1ccc(Br)cc1. The summed E-state index contributed by atoms with van der Waals surface area (Å²) in [7, 11) is 0. The van der Waals surface area contributed by atoms with Gasteiger partial charge in [0.2, 0.25) is 11.6 Å². The van der Waals surface area contributed by atoms with E-state index in [4.69, 9.17) is 5.11 Å². The zero-order valence-electron chi connectivity index (χ0n) is 11.0. The van der Waals surface area contributed by atoms with Crippen LogP contribution in [0.4, 0.5) is 4.39 Å². The third kappa shape index (κ3) is 2.85. The van der Waals surface area contributed by atoms with Crippen LogP contribution >= 0.6 is 15.9 Å². The number of hydrogen-bond acceptors (Lipinski definition) is 2. The number of carboxylic acid groups (broad SMARTS) is 1. The highest BCUT2D eigenvalue weighted by Crippen LogP contribution is 2.29. The van der Waals surface area contributed by atoms with E-state index in [2.05, 4.69) is 15.9 Å². The van der Waals surface area contributed by atoms with Crippen molar-refractivity contribution >= 4 is 27.8 Å². The largest absolute Gasteiger partial charge is 0.479 e. The van der Waals surface area contributed by atoms with Crippen LogP contribution in [0, 0.1) is 0 Å². The Bertz CT molecular complexity index is 534. The molecule has 6 heteroatoms. The Morgan fingerprint density at radius 2 is 2.00 bits per heavy atom. The van der Waals surface area contributed by atoms with E-state index in [1.807, 2.05) is 24.3 Å². The van der Waals surface area contributed by atoms with Crippen LogP contribution in [0.2, 0.25) is 0 Å². The number of aliphatic carboxylic acids is 1. The van der Waals surface area contributed by atoms with Gasteiger partial charge >= 0.3 is 5.97 Å². The molecule has 0 spiro atoms. The predicted octanol–water partition coefficient (Wildman–Crippen LogP) is 2.58. The number of halogens is 2. The van der Waals surface area contributed by atoms with E-state index >= 15 is 0 Å². The first kappa shape index (κ1) is 15.0. The van der Waals surface area contributed by atoms with Gasteiger partial charge in [0.25, 0.3) is 0 Å². The third-order valence-electron chi connectivity index (χ3n) is 3.65. The number of alkyl halides is 1. The minimum Gasteiger partial charge on any atom is -0.479 e. The minimum absolute atomic E-state index is 0.141. The number of carbonyl (C=O) groups is 2. The van der Waals surface area contributed by atoms with Crippen LogP contribution in [0.3, 0.4) is 0 Å². The van der Waals surface area contributed by atoms with E-state index in [-0.39, 0.29) is 25.4 Å². The van der Waals surface area contributed by atoms with Crippen molar-refractivity contribution in [1.82, 2.24) is 4.90 Å². The van der Waals surface area contributed by atoms with Gasteiger partial charge in [-0.2, -0.15) is 0 Å². The summed E-state index contributed by atoms with van der Waals surface area (Å²) in [6, 6.07) is 7.31. The molecule has 1 saturated heterocycles. The maximum atomic E-state index is 14.0. The monoisotopic (exact) mass is 343 g/mol. The maximum absolute atomic E-state index is 14.0. The fourth-order valence-corrected chi connectivity index (χ4v) is 2.57. The van der Waals surface area contributed by atoms with Crippen molar-refractivity contribution in [2.45, 2.75) is 24.9 Å². The molecular weight excluding hydrogens is 329 g/mol. The molecule has 1 amide bonds. The Kier molecular flexibility index (Phi) is 4.13. The zero-order chi connectivity index (χ0) is 14.9. The molecule has 2 rings (SSSR count). The van der Waals surface area contributed by atoms with Gasteiger partial charge in [-0.15, -0.1) is 0 Å².